The number of nitrogens with two attached hydrogens (primary N) is 4. The number of aromatic nitrogens is 6. The lowest BCUT2D eigenvalue weighted by atomic mass is 10.1. The van der Waals surface area contributed by atoms with Crippen LogP contribution >= 0.6 is 37.0 Å². The molecule has 1 unspecified atom stereocenters. The summed E-state index contributed by atoms with van der Waals surface area (Å²) in [5, 5.41) is 11.5. The molecule has 2 aliphatic rings. The van der Waals surface area contributed by atoms with Crippen LogP contribution in [0.25, 0.3) is 11.2 Å². The zero-order chi connectivity index (χ0) is 38.7. The van der Waals surface area contributed by atoms with E-state index in [4.69, 9.17) is 41.7 Å². The van der Waals surface area contributed by atoms with E-state index < -0.39 is 88.9 Å². The summed E-state index contributed by atoms with van der Waals surface area (Å²) in [5.74, 6) is -0.953. The van der Waals surface area contributed by atoms with E-state index in [1.807, 2.05) is 6.26 Å². The number of aliphatic hydroxyl groups excluding tert-OH is 1. The Labute approximate surface area is 308 Å². The molecule has 53 heavy (non-hydrogen) atoms. The van der Waals surface area contributed by atoms with Crippen molar-refractivity contribution in [2.24, 2.45) is 11.5 Å². The average Bonchev–Trinajstić information content (AvgIpc) is 3.81. The first-order valence-corrected chi connectivity index (χ1v) is 21.6. The molecule has 0 amide bonds. The summed E-state index contributed by atoms with van der Waals surface area (Å²) < 4.78 is 55.2. The van der Waals surface area contributed by atoms with Crippen molar-refractivity contribution in [3.05, 3.63) is 35.4 Å². The minimum atomic E-state index is -5.07. The molecule has 0 radical (unpaired) electrons. The quantitative estimate of drug-likeness (QED) is 0.0451. The second kappa shape index (κ2) is 17.4. The van der Waals surface area contributed by atoms with Crippen molar-refractivity contribution in [1.82, 2.24) is 29.1 Å². The molecule has 294 valence electrons. The van der Waals surface area contributed by atoms with E-state index in [-0.39, 0.29) is 40.9 Å². The fraction of sp³-hybridized carbons (Fsp3) is 0.615. The standard InChI is InChI=1S/C26H40N10O13P2S2/c1-52-53-12(7-27)2-3-13(28)25(38)49-21-15(48-24(20(21)37)36-11-33-19-22(30)31-10-32-23(19)36)9-45-50(40,41)16-6-18(35-5-4-17(29)34-26(35)39)47-14(16)8-46-51(42,43)44/h4-5,10-16,18,20-21,24,37H,2-3,6-9,27-28H2,1H3,(H,40,41)(H2,29,34,39)(H2,30,31,32)(H2,42,43,44)/t12-,13-,14+,15+,16-,18+,20+,21+,24+/m0/s1. The third kappa shape index (κ3) is 9.93. The Kier molecular flexibility index (Phi) is 13.6. The molecule has 12 N–H and O–H groups in total. The fourth-order valence-electron chi connectivity index (χ4n) is 5.80. The second-order valence-corrected chi connectivity index (χ2v) is 18.0. The van der Waals surface area contributed by atoms with Crippen LogP contribution in [0.1, 0.15) is 31.7 Å². The maximum atomic E-state index is 13.9. The molecule has 2 aliphatic heterocycles. The van der Waals surface area contributed by atoms with Gasteiger partial charge in [-0.1, -0.05) is 21.6 Å². The third-order valence-electron chi connectivity index (χ3n) is 8.44. The lowest BCUT2D eigenvalue weighted by molar-refractivity contribution is -0.158. The first-order valence-electron chi connectivity index (χ1n) is 15.8. The van der Waals surface area contributed by atoms with Crippen molar-refractivity contribution in [3.8, 4) is 0 Å². The number of nitrogen functional groups attached to an aromatic ring is 2. The minimum absolute atomic E-state index is 0.0161. The van der Waals surface area contributed by atoms with Crippen LogP contribution in [0, 0.1) is 0 Å². The number of nitrogens with zero attached hydrogens (tertiary/aromatic N) is 6. The summed E-state index contributed by atoms with van der Waals surface area (Å²) in [6.45, 7) is -1.28. The number of hydrogen-bond donors (Lipinski definition) is 8. The lowest BCUT2D eigenvalue weighted by Crippen LogP contribution is -2.43. The molecule has 2 saturated heterocycles. The summed E-state index contributed by atoms with van der Waals surface area (Å²) in [6.07, 6.45) is -2.72. The number of aliphatic hydroxyl groups is 1. The number of ether oxygens (including phenoxy) is 3. The summed E-state index contributed by atoms with van der Waals surface area (Å²) in [5.41, 5.74) is 21.4. The molecule has 0 bridgehead atoms. The summed E-state index contributed by atoms with van der Waals surface area (Å²) >= 11 is 0. The van der Waals surface area contributed by atoms with E-state index in [1.165, 1.54) is 51.1 Å². The van der Waals surface area contributed by atoms with Crippen molar-refractivity contribution in [1.29, 1.82) is 0 Å². The van der Waals surface area contributed by atoms with Gasteiger partial charge in [0.1, 0.15) is 42.1 Å². The minimum Gasteiger partial charge on any atom is -0.455 e. The van der Waals surface area contributed by atoms with Gasteiger partial charge in [-0.2, -0.15) is 4.98 Å². The average molecular weight is 827 g/mol. The Morgan fingerprint density at radius 2 is 1.83 bits per heavy atom. The maximum absolute atomic E-state index is 13.9. The van der Waals surface area contributed by atoms with Crippen molar-refractivity contribution in [3.63, 3.8) is 0 Å². The van der Waals surface area contributed by atoms with Gasteiger partial charge in [-0.25, -0.2) is 24.3 Å². The van der Waals surface area contributed by atoms with Crippen LogP contribution in [0.4, 0.5) is 11.6 Å². The first-order chi connectivity index (χ1) is 25.0. The molecule has 0 aromatic carbocycles. The number of hydrogen-bond acceptors (Lipinski definition) is 20. The van der Waals surface area contributed by atoms with Gasteiger partial charge in [0.2, 0.25) is 0 Å². The molecular formula is C26H40N10O13P2S2. The first kappa shape index (κ1) is 41.4. The molecule has 2 fully saturated rings. The predicted octanol–water partition coefficient (Wildman–Crippen LogP) is -1.17. The Bertz CT molecular complexity index is 1910. The maximum Gasteiger partial charge on any atom is 0.469 e. The van der Waals surface area contributed by atoms with Gasteiger partial charge in [0, 0.05) is 24.4 Å². The van der Waals surface area contributed by atoms with Gasteiger partial charge in [0.15, 0.2) is 23.8 Å². The number of imidazole rings is 1. The van der Waals surface area contributed by atoms with E-state index >= 15 is 0 Å². The van der Waals surface area contributed by atoms with Gasteiger partial charge in [-0.3, -0.25) is 23.0 Å². The van der Waals surface area contributed by atoms with Crippen LogP contribution in [-0.2, 0) is 37.2 Å². The van der Waals surface area contributed by atoms with Crippen LogP contribution < -0.4 is 28.6 Å². The fourth-order valence-corrected chi connectivity index (χ4v) is 9.64. The molecule has 10 atom stereocenters. The van der Waals surface area contributed by atoms with E-state index in [1.54, 1.807) is 0 Å². The highest BCUT2D eigenvalue weighted by atomic mass is 33.1. The normalized spacial score (nSPS) is 27.1. The van der Waals surface area contributed by atoms with E-state index in [9.17, 15) is 38.5 Å². The van der Waals surface area contributed by atoms with Gasteiger partial charge >= 0.3 is 27.1 Å². The van der Waals surface area contributed by atoms with Gasteiger partial charge in [-0.15, -0.1) is 0 Å². The van der Waals surface area contributed by atoms with Crippen molar-refractivity contribution in [2.45, 2.75) is 73.1 Å². The predicted molar refractivity (Wildman–Crippen MR) is 190 cm³/mol. The Balaban J connectivity index is 1.37. The van der Waals surface area contributed by atoms with Gasteiger partial charge in [-0.05, 0) is 25.2 Å². The largest absolute Gasteiger partial charge is 0.469 e. The van der Waals surface area contributed by atoms with Gasteiger partial charge < -0.3 is 61.5 Å². The molecule has 3 aromatic heterocycles. The van der Waals surface area contributed by atoms with E-state index in [0.29, 0.717) is 13.0 Å². The molecule has 0 saturated carbocycles. The molecule has 3 aromatic rings. The van der Waals surface area contributed by atoms with Crippen LogP contribution in [0.2, 0.25) is 0 Å². The smallest absolute Gasteiger partial charge is 0.455 e. The van der Waals surface area contributed by atoms with E-state index in [0.717, 1.165) is 4.57 Å². The topological polar surface area (TPSA) is 361 Å². The molecule has 0 spiro atoms. The summed E-state index contributed by atoms with van der Waals surface area (Å²) in [4.78, 5) is 71.4. The van der Waals surface area contributed by atoms with Crippen molar-refractivity contribution >= 4 is 65.8 Å². The number of rotatable bonds is 17. The Morgan fingerprint density at radius 1 is 1.09 bits per heavy atom. The highest BCUT2D eigenvalue weighted by Gasteiger charge is 2.52. The van der Waals surface area contributed by atoms with Crippen LogP contribution in [0.5, 0.6) is 0 Å². The van der Waals surface area contributed by atoms with Crippen LogP contribution in [0.15, 0.2) is 29.7 Å². The lowest BCUT2D eigenvalue weighted by Gasteiger charge is -2.26. The second-order valence-electron chi connectivity index (χ2n) is 12.0. The number of phosphoric ester groups is 1. The van der Waals surface area contributed by atoms with Crippen LogP contribution in [0.3, 0.4) is 0 Å². The monoisotopic (exact) mass is 826 g/mol. The van der Waals surface area contributed by atoms with E-state index in [2.05, 4.69) is 24.5 Å². The molecule has 5 rings (SSSR count). The number of fused-ring (bicyclic) bond motifs is 1. The van der Waals surface area contributed by atoms with Gasteiger partial charge in [0.25, 0.3) is 0 Å². The highest BCUT2D eigenvalue weighted by Crippen LogP contribution is 2.56. The van der Waals surface area contributed by atoms with Crippen molar-refractivity contribution < 1.29 is 57.0 Å². The van der Waals surface area contributed by atoms with Gasteiger partial charge in [0.05, 0.1) is 31.3 Å². The molecule has 27 heteroatoms. The molecule has 23 nitrogen and oxygen atoms in total. The number of anilines is 2. The number of carbonyl (C=O) groups is 1. The zero-order valence-corrected chi connectivity index (χ0v) is 31.3. The molecule has 0 aliphatic carbocycles. The summed E-state index contributed by atoms with van der Waals surface area (Å²) in [7, 11) is -6.90. The number of phosphoric acid groups is 1. The SMILES string of the molecule is CSS[C@H](CN)CC[C@H](N)C(=O)O[C@H]1[C@@H](O)[C@H](n2cnc3c(N)ncnc32)O[C@@H]1COP(=O)(O)[C@H]1C[C@H](n2ccc(N)nc2=O)O[C@@H]1COP(=O)(O)O. The zero-order valence-electron chi connectivity index (χ0n) is 27.9. The van der Waals surface area contributed by atoms with Crippen molar-refractivity contribution in [2.75, 3.05) is 37.5 Å². The third-order valence-corrected chi connectivity index (χ3v) is 13.1. The number of esters is 1. The Hall–Kier alpha value is -2.74. The molecule has 5 heterocycles. The molecular weight excluding hydrogens is 786 g/mol. The summed E-state index contributed by atoms with van der Waals surface area (Å²) in [6, 6.07) is 0.156. The highest BCUT2D eigenvalue weighted by molar-refractivity contribution is 8.76. The van der Waals surface area contributed by atoms with Crippen LogP contribution in [-0.4, -0.2) is 122 Å². The Morgan fingerprint density at radius 3 is 2.51 bits per heavy atom. The number of carbonyl (C=O) groups excluding carboxylic acids is 1.